The third-order valence-corrected chi connectivity index (χ3v) is 6.04. The molecule has 0 fully saturated rings. The number of benzene rings is 3. The fourth-order valence-electron chi connectivity index (χ4n) is 3.38. The minimum Gasteiger partial charge on any atom is -0.322 e. The van der Waals surface area contributed by atoms with Crippen molar-refractivity contribution < 1.29 is 4.79 Å². The lowest BCUT2D eigenvalue weighted by Gasteiger charge is -2.09. The monoisotopic (exact) mass is 471 g/mol. The van der Waals surface area contributed by atoms with Gasteiger partial charge in [0.2, 0.25) is 0 Å². The van der Waals surface area contributed by atoms with Crippen LogP contribution in [0.15, 0.2) is 101 Å². The van der Waals surface area contributed by atoms with Gasteiger partial charge in [0, 0.05) is 21.8 Å². The molecule has 0 saturated heterocycles. The summed E-state index contributed by atoms with van der Waals surface area (Å²) in [5.74, 6) is 0.104. The van der Waals surface area contributed by atoms with Crippen LogP contribution in [0.25, 0.3) is 16.9 Å². The number of carbonyl (C=O) groups is 1. The second-order valence-electron chi connectivity index (χ2n) is 7.15. The fraction of sp³-hybridized carbons (Fsp3) is 0. The first-order chi connectivity index (χ1) is 16.2. The summed E-state index contributed by atoms with van der Waals surface area (Å²) < 4.78 is 2.05. The predicted octanol–water partition coefficient (Wildman–Crippen LogP) is 6.07. The summed E-state index contributed by atoms with van der Waals surface area (Å²) in [7, 11) is 0. The van der Waals surface area contributed by atoms with Crippen LogP contribution in [-0.4, -0.2) is 20.7 Å². The molecule has 2 heterocycles. The Bertz CT molecular complexity index is 1450. The van der Waals surface area contributed by atoms with Crippen LogP contribution in [0.5, 0.6) is 0 Å². The molecule has 5 rings (SSSR count). The number of aromatic nitrogens is 3. The molecule has 0 bridgehead atoms. The van der Waals surface area contributed by atoms with Gasteiger partial charge in [-0.3, -0.25) is 14.5 Å². The summed E-state index contributed by atoms with van der Waals surface area (Å²) in [6.07, 6.45) is 1.48. The highest BCUT2D eigenvalue weighted by Crippen LogP contribution is 2.26. The normalized spacial score (nSPS) is 11.5. The highest BCUT2D eigenvalue weighted by atomic mass is 35.5. The third kappa shape index (κ3) is 4.50. The lowest BCUT2D eigenvalue weighted by Crippen LogP contribution is -2.15. The molecule has 0 saturated carbocycles. The Hall–Kier alpha value is -3.94. The van der Waals surface area contributed by atoms with Crippen molar-refractivity contribution in [1.29, 1.82) is 0 Å². The van der Waals surface area contributed by atoms with E-state index in [1.165, 1.54) is 17.5 Å². The standard InChI is InChI=1S/C25H18ClN5OS/c26-18-13-11-17(12-14-18)22-16-33-25(31(22)20-9-5-2-6-10-20)29-23-21(15-27-30-23)24(32)28-19-7-3-1-4-8-19/h1-16H,(H,27,30)(H,28,32). The highest BCUT2D eigenvalue weighted by molar-refractivity contribution is 7.07. The van der Waals surface area contributed by atoms with Crippen LogP contribution in [0.1, 0.15) is 10.4 Å². The van der Waals surface area contributed by atoms with Crippen LogP contribution in [0, 0.1) is 0 Å². The van der Waals surface area contributed by atoms with E-state index in [1.54, 1.807) is 0 Å². The van der Waals surface area contributed by atoms with E-state index < -0.39 is 0 Å². The van der Waals surface area contributed by atoms with Crippen LogP contribution in [0.2, 0.25) is 5.02 Å². The molecular weight excluding hydrogens is 454 g/mol. The zero-order chi connectivity index (χ0) is 22.6. The Balaban J connectivity index is 1.59. The number of H-pyrrole nitrogens is 1. The van der Waals surface area contributed by atoms with Crippen molar-refractivity contribution in [3.8, 4) is 16.9 Å². The van der Waals surface area contributed by atoms with Gasteiger partial charge in [-0.05, 0) is 42.0 Å². The van der Waals surface area contributed by atoms with E-state index in [9.17, 15) is 4.79 Å². The van der Waals surface area contributed by atoms with E-state index >= 15 is 0 Å². The van der Waals surface area contributed by atoms with Crippen LogP contribution in [0.4, 0.5) is 11.5 Å². The van der Waals surface area contributed by atoms with E-state index in [0.29, 0.717) is 26.9 Å². The molecule has 0 atom stereocenters. The fourth-order valence-corrected chi connectivity index (χ4v) is 4.42. The average molecular weight is 472 g/mol. The molecular formula is C25H18ClN5OS. The predicted molar refractivity (Wildman–Crippen MR) is 132 cm³/mol. The van der Waals surface area contributed by atoms with Gasteiger partial charge in [-0.25, -0.2) is 4.99 Å². The first-order valence-corrected chi connectivity index (χ1v) is 11.4. The van der Waals surface area contributed by atoms with Gasteiger partial charge in [0.1, 0.15) is 5.56 Å². The summed E-state index contributed by atoms with van der Waals surface area (Å²) in [5.41, 5.74) is 4.00. The number of para-hydroxylation sites is 2. The number of amides is 1. The van der Waals surface area contributed by atoms with Crippen molar-refractivity contribution >= 4 is 40.4 Å². The number of halogens is 1. The maximum Gasteiger partial charge on any atom is 0.261 e. The molecule has 0 spiro atoms. The van der Waals surface area contributed by atoms with Crippen LogP contribution in [-0.2, 0) is 0 Å². The Morgan fingerprint density at radius 1 is 0.970 bits per heavy atom. The number of anilines is 1. The minimum absolute atomic E-state index is 0.283. The average Bonchev–Trinajstić information content (AvgIpc) is 3.48. The van der Waals surface area contributed by atoms with Crippen LogP contribution in [0.3, 0.4) is 0 Å². The van der Waals surface area contributed by atoms with Crippen molar-refractivity contribution in [2.45, 2.75) is 0 Å². The number of nitrogens with one attached hydrogen (secondary N) is 2. The van der Waals surface area contributed by atoms with Gasteiger partial charge in [-0.1, -0.05) is 60.1 Å². The van der Waals surface area contributed by atoms with Gasteiger partial charge in [0.25, 0.3) is 5.91 Å². The molecule has 162 valence electrons. The summed E-state index contributed by atoms with van der Waals surface area (Å²) >= 11 is 7.57. The molecule has 33 heavy (non-hydrogen) atoms. The van der Waals surface area contributed by atoms with Crippen LogP contribution >= 0.6 is 22.9 Å². The molecule has 0 unspecified atom stereocenters. The smallest absolute Gasteiger partial charge is 0.261 e. The lowest BCUT2D eigenvalue weighted by atomic mass is 10.1. The van der Waals surface area contributed by atoms with Gasteiger partial charge in [-0.15, -0.1) is 11.3 Å². The molecule has 2 aromatic heterocycles. The second-order valence-corrected chi connectivity index (χ2v) is 8.42. The topological polar surface area (TPSA) is 75.1 Å². The molecule has 6 nitrogen and oxygen atoms in total. The molecule has 3 aromatic carbocycles. The molecule has 0 aliphatic rings. The largest absolute Gasteiger partial charge is 0.322 e. The third-order valence-electron chi connectivity index (χ3n) is 4.97. The Morgan fingerprint density at radius 2 is 1.67 bits per heavy atom. The summed E-state index contributed by atoms with van der Waals surface area (Å²) in [6, 6.07) is 26.9. The molecule has 1 amide bonds. The van der Waals surface area contributed by atoms with E-state index in [4.69, 9.17) is 16.6 Å². The second kappa shape index (κ2) is 9.28. The summed E-state index contributed by atoms with van der Waals surface area (Å²) in [6.45, 7) is 0. The lowest BCUT2D eigenvalue weighted by molar-refractivity contribution is 0.102. The molecule has 0 aliphatic carbocycles. The van der Waals surface area contributed by atoms with Crippen molar-refractivity contribution in [2.75, 3.05) is 5.32 Å². The number of hydrogen-bond acceptors (Lipinski definition) is 4. The van der Waals surface area contributed by atoms with Crippen molar-refractivity contribution in [3.63, 3.8) is 0 Å². The number of hydrogen-bond donors (Lipinski definition) is 2. The first kappa shape index (κ1) is 20.9. The van der Waals surface area contributed by atoms with Gasteiger partial charge < -0.3 is 5.32 Å². The zero-order valence-corrected chi connectivity index (χ0v) is 18.8. The maximum atomic E-state index is 12.9. The number of aromatic amines is 1. The molecule has 5 aromatic rings. The minimum atomic E-state index is -0.283. The Labute approximate surface area is 198 Å². The van der Waals surface area contributed by atoms with Crippen LogP contribution < -0.4 is 10.1 Å². The number of nitrogens with zero attached hydrogens (tertiary/aromatic N) is 3. The number of rotatable bonds is 5. The maximum absolute atomic E-state index is 12.9. The van der Waals surface area contributed by atoms with Crippen molar-refractivity contribution in [2.24, 2.45) is 4.99 Å². The molecule has 0 aliphatic heterocycles. The van der Waals surface area contributed by atoms with E-state index in [-0.39, 0.29) is 5.91 Å². The van der Waals surface area contributed by atoms with Gasteiger partial charge in [0.15, 0.2) is 10.6 Å². The van der Waals surface area contributed by atoms with E-state index in [2.05, 4.69) is 15.5 Å². The Morgan fingerprint density at radius 3 is 2.39 bits per heavy atom. The van der Waals surface area contributed by atoms with E-state index in [0.717, 1.165) is 16.9 Å². The Kier molecular flexibility index (Phi) is 5.89. The highest BCUT2D eigenvalue weighted by Gasteiger charge is 2.16. The van der Waals surface area contributed by atoms with Crippen molar-refractivity contribution in [1.82, 2.24) is 14.8 Å². The number of carbonyl (C=O) groups excluding carboxylic acids is 1. The molecule has 0 radical (unpaired) electrons. The first-order valence-electron chi connectivity index (χ1n) is 10.2. The molecule has 8 heteroatoms. The van der Waals surface area contributed by atoms with Gasteiger partial charge >= 0.3 is 0 Å². The summed E-state index contributed by atoms with van der Waals surface area (Å²) in [4.78, 5) is 18.3. The quantitative estimate of drug-likeness (QED) is 0.326. The van der Waals surface area contributed by atoms with Gasteiger partial charge in [-0.2, -0.15) is 5.10 Å². The number of thiazole rings is 1. The zero-order valence-electron chi connectivity index (χ0n) is 17.3. The van der Waals surface area contributed by atoms with E-state index in [1.807, 2.05) is 94.9 Å². The summed E-state index contributed by atoms with van der Waals surface area (Å²) in [5, 5.41) is 12.5. The van der Waals surface area contributed by atoms with Crippen molar-refractivity contribution in [3.05, 3.63) is 112 Å². The molecule has 2 N–H and O–H groups in total. The van der Waals surface area contributed by atoms with Gasteiger partial charge in [0.05, 0.1) is 11.9 Å². The SMILES string of the molecule is O=C(Nc1ccccc1)c1cn[nH]c1N=c1scc(-c2ccc(Cl)cc2)n1-c1ccccc1.